The van der Waals surface area contributed by atoms with Gasteiger partial charge in [-0.3, -0.25) is 4.79 Å². The van der Waals surface area contributed by atoms with Crippen molar-refractivity contribution in [1.82, 2.24) is 5.32 Å². The number of para-hydroxylation sites is 1. The number of hydrogen-bond donors (Lipinski definition) is 1. The Bertz CT molecular complexity index is 902. The smallest absolute Gasteiger partial charge is 0.239 e. The van der Waals surface area contributed by atoms with Gasteiger partial charge in [-0.2, -0.15) is 5.10 Å². The highest BCUT2D eigenvalue weighted by Crippen LogP contribution is 2.28. The number of hydrogen-bond acceptors (Lipinski definition) is 5. The summed E-state index contributed by atoms with van der Waals surface area (Å²) in [6.45, 7) is 2.49. The van der Waals surface area contributed by atoms with Crippen LogP contribution >= 0.6 is 35.0 Å². The van der Waals surface area contributed by atoms with Crippen molar-refractivity contribution in [1.29, 1.82) is 0 Å². The molecule has 5 nitrogen and oxygen atoms in total. The summed E-state index contributed by atoms with van der Waals surface area (Å²) < 4.78 is 5.54. The monoisotopic (exact) mass is 421 g/mol. The van der Waals surface area contributed by atoms with Crippen molar-refractivity contribution in [2.24, 2.45) is 10.2 Å². The van der Waals surface area contributed by atoms with Gasteiger partial charge in [0.1, 0.15) is 5.75 Å². The largest absolute Gasteiger partial charge is 0.493 e. The first-order valence-electron chi connectivity index (χ1n) is 8.31. The van der Waals surface area contributed by atoms with Crippen LogP contribution in [0.15, 0.2) is 52.7 Å². The van der Waals surface area contributed by atoms with Gasteiger partial charge in [0.15, 0.2) is 5.17 Å². The highest BCUT2D eigenvalue weighted by atomic mass is 35.5. The number of amides is 1. The van der Waals surface area contributed by atoms with Crippen LogP contribution in [0, 0.1) is 0 Å². The summed E-state index contributed by atoms with van der Waals surface area (Å²) in [7, 11) is 0. The molecule has 1 unspecified atom stereocenters. The standard InChI is InChI=1S/C19H17Cl2N3O2S/c1-2-26-16-6-4-3-5-13(16)11-22-24-19-23-18(25)17(27-19)9-12-7-8-14(20)10-15(12)21/h3-8,10-11,17H,2,9H2,1H3,(H,23,24,25)/b22-11+. The summed E-state index contributed by atoms with van der Waals surface area (Å²) in [5, 5.41) is 12.2. The zero-order chi connectivity index (χ0) is 19.2. The second kappa shape index (κ2) is 9.26. The van der Waals surface area contributed by atoms with Gasteiger partial charge in [0, 0.05) is 15.6 Å². The number of amidine groups is 1. The molecule has 1 aliphatic rings. The van der Waals surface area contributed by atoms with E-state index in [-0.39, 0.29) is 11.2 Å². The lowest BCUT2D eigenvalue weighted by molar-refractivity contribution is -0.118. The molecule has 1 heterocycles. The van der Waals surface area contributed by atoms with Crippen LogP contribution < -0.4 is 10.1 Å². The van der Waals surface area contributed by atoms with Gasteiger partial charge < -0.3 is 10.1 Å². The SMILES string of the molecule is CCOc1ccccc1/C=N/N=C1\NC(=O)C(Cc2ccc(Cl)cc2Cl)S1. The van der Waals surface area contributed by atoms with Crippen LogP contribution in [0.4, 0.5) is 0 Å². The molecular formula is C19H17Cl2N3O2S. The molecule has 1 N–H and O–H groups in total. The number of nitrogens with one attached hydrogen (secondary N) is 1. The minimum atomic E-state index is -0.312. The van der Waals surface area contributed by atoms with Gasteiger partial charge in [0.05, 0.1) is 18.1 Å². The Hall–Kier alpha value is -2.02. The number of halogens is 2. The number of thioether (sulfide) groups is 1. The predicted octanol–water partition coefficient (Wildman–Crippen LogP) is 4.56. The van der Waals surface area contributed by atoms with Crippen molar-refractivity contribution in [3.63, 3.8) is 0 Å². The van der Waals surface area contributed by atoms with Crippen molar-refractivity contribution in [3.8, 4) is 5.75 Å². The fraction of sp³-hybridized carbons (Fsp3) is 0.211. The molecule has 2 aromatic carbocycles. The van der Waals surface area contributed by atoms with E-state index in [1.54, 1.807) is 18.3 Å². The first kappa shape index (κ1) is 19.7. The van der Waals surface area contributed by atoms with Crippen molar-refractivity contribution < 1.29 is 9.53 Å². The molecule has 0 aliphatic carbocycles. The molecule has 2 aromatic rings. The maximum atomic E-state index is 12.2. The molecule has 8 heteroatoms. The average molecular weight is 422 g/mol. The minimum Gasteiger partial charge on any atom is -0.493 e. The van der Waals surface area contributed by atoms with Crippen LogP contribution in [0.3, 0.4) is 0 Å². The zero-order valence-electron chi connectivity index (χ0n) is 14.5. The van der Waals surface area contributed by atoms with Crippen molar-refractivity contribution >= 4 is 52.3 Å². The fourth-order valence-corrected chi connectivity index (χ4v) is 3.93. The fourth-order valence-electron chi connectivity index (χ4n) is 2.49. The summed E-state index contributed by atoms with van der Waals surface area (Å²) in [5.41, 5.74) is 1.69. The van der Waals surface area contributed by atoms with E-state index in [9.17, 15) is 4.79 Å². The third-order valence-corrected chi connectivity index (χ3v) is 5.42. The van der Waals surface area contributed by atoms with Gasteiger partial charge in [-0.05, 0) is 43.2 Å². The number of ether oxygens (including phenoxy) is 1. The van der Waals surface area contributed by atoms with E-state index in [1.807, 2.05) is 37.3 Å². The molecule has 0 radical (unpaired) electrons. The Kier molecular flexibility index (Phi) is 6.77. The topological polar surface area (TPSA) is 63.1 Å². The lowest BCUT2D eigenvalue weighted by Crippen LogP contribution is -2.26. The van der Waals surface area contributed by atoms with E-state index in [4.69, 9.17) is 27.9 Å². The van der Waals surface area contributed by atoms with E-state index in [1.165, 1.54) is 11.8 Å². The van der Waals surface area contributed by atoms with Crippen LogP contribution in [0.5, 0.6) is 5.75 Å². The lowest BCUT2D eigenvalue weighted by Gasteiger charge is -2.07. The molecule has 1 saturated heterocycles. The number of rotatable bonds is 6. The highest BCUT2D eigenvalue weighted by molar-refractivity contribution is 8.15. The Balaban J connectivity index is 1.66. The third-order valence-electron chi connectivity index (χ3n) is 3.76. The van der Waals surface area contributed by atoms with E-state index >= 15 is 0 Å². The van der Waals surface area contributed by atoms with Gasteiger partial charge >= 0.3 is 0 Å². The molecule has 0 bridgehead atoms. The number of carbonyl (C=O) groups excluding carboxylic acids is 1. The second-order valence-corrected chi connectivity index (χ2v) is 7.69. The average Bonchev–Trinajstić information content (AvgIpc) is 2.98. The summed E-state index contributed by atoms with van der Waals surface area (Å²) in [4.78, 5) is 12.2. The van der Waals surface area contributed by atoms with Crippen molar-refractivity contribution in [3.05, 3.63) is 63.6 Å². The summed E-state index contributed by atoms with van der Waals surface area (Å²) in [5.74, 6) is 0.622. The molecule has 1 fully saturated rings. The maximum absolute atomic E-state index is 12.2. The normalized spacial score (nSPS) is 18.3. The molecule has 1 amide bonds. The molecule has 0 spiro atoms. The first-order valence-corrected chi connectivity index (χ1v) is 9.94. The molecule has 3 rings (SSSR count). The van der Waals surface area contributed by atoms with Crippen LogP contribution in [-0.4, -0.2) is 29.1 Å². The molecule has 1 aliphatic heterocycles. The van der Waals surface area contributed by atoms with E-state index < -0.39 is 0 Å². The number of carbonyl (C=O) groups is 1. The van der Waals surface area contributed by atoms with E-state index in [0.29, 0.717) is 28.2 Å². The summed E-state index contributed by atoms with van der Waals surface area (Å²) >= 11 is 13.4. The molecule has 0 aromatic heterocycles. The minimum absolute atomic E-state index is 0.116. The van der Waals surface area contributed by atoms with E-state index in [0.717, 1.165) is 16.9 Å². The van der Waals surface area contributed by atoms with E-state index in [2.05, 4.69) is 15.5 Å². The molecule has 0 saturated carbocycles. The van der Waals surface area contributed by atoms with Crippen molar-refractivity contribution in [2.75, 3.05) is 6.61 Å². The number of benzene rings is 2. The third kappa shape index (κ3) is 5.25. The number of nitrogens with zero attached hydrogens (tertiary/aromatic N) is 2. The first-order chi connectivity index (χ1) is 13.1. The van der Waals surface area contributed by atoms with Gasteiger partial charge in [0.25, 0.3) is 0 Å². The molecule has 1 atom stereocenters. The van der Waals surface area contributed by atoms with Gasteiger partial charge in [0.2, 0.25) is 5.91 Å². The highest BCUT2D eigenvalue weighted by Gasteiger charge is 2.30. The Labute approximate surface area is 171 Å². The van der Waals surface area contributed by atoms with Gasteiger partial charge in [-0.1, -0.05) is 53.2 Å². The molecular weight excluding hydrogens is 405 g/mol. The van der Waals surface area contributed by atoms with Crippen molar-refractivity contribution in [2.45, 2.75) is 18.6 Å². The predicted molar refractivity (Wildman–Crippen MR) is 112 cm³/mol. The van der Waals surface area contributed by atoms with Crippen LogP contribution in [0.2, 0.25) is 10.0 Å². The van der Waals surface area contributed by atoms with Crippen LogP contribution in [-0.2, 0) is 11.2 Å². The van der Waals surface area contributed by atoms with Crippen LogP contribution in [0.25, 0.3) is 0 Å². The summed E-state index contributed by atoms with van der Waals surface area (Å²) in [6.07, 6.45) is 2.09. The Morgan fingerprint density at radius 2 is 2.07 bits per heavy atom. The zero-order valence-corrected chi connectivity index (χ0v) is 16.8. The summed E-state index contributed by atoms with van der Waals surface area (Å²) in [6, 6.07) is 12.8. The Morgan fingerprint density at radius 1 is 1.26 bits per heavy atom. The van der Waals surface area contributed by atoms with Gasteiger partial charge in [-0.25, -0.2) is 0 Å². The van der Waals surface area contributed by atoms with Gasteiger partial charge in [-0.15, -0.1) is 5.10 Å². The molecule has 140 valence electrons. The Morgan fingerprint density at radius 3 is 2.85 bits per heavy atom. The lowest BCUT2D eigenvalue weighted by atomic mass is 10.1. The quantitative estimate of drug-likeness (QED) is 0.549. The molecule has 27 heavy (non-hydrogen) atoms. The van der Waals surface area contributed by atoms with Crippen LogP contribution in [0.1, 0.15) is 18.1 Å². The maximum Gasteiger partial charge on any atom is 0.239 e. The second-order valence-electron chi connectivity index (χ2n) is 5.66.